The van der Waals surface area contributed by atoms with Crippen molar-refractivity contribution in [2.24, 2.45) is 0 Å². The second-order valence-corrected chi connectivity index (χ2v) is 5.12. The van der Waals surface area contributed by atoms with Crippen LogP contribution in [-0.2, 0) is 22.6 Å². The Bertz CT molecular complexity index is 669. The number of aryl methyl sites for hydroxylation is 1. The van der Waals surface area contributed by atoms with E-state index in [0.717, 1.165) is 16.7 Å². The van der Waals surface area contributed by atoms with E-state index in [1.807, 2.05) is 37.3 Å². The van der Waals surface area contributed by atoms with Crippen molar-refractivity contribution in [2.75, 3.05) is 0 Å². The first kappa shape index (κ1) is 15.7. The Morgan fingerprint density at radius 1 is 1.14 bits per heavy atom. The molecule has 2 aromatic rings. The highest BCUT2D eigenvalue weighted by Gasteiger charge is 2.17. The van der Waals surface area contributed by atoms with Crippen LogP contribution < -0.4 is 0 Å². The van der Waals surface area contributed by atoms with E-state index in [-0.39, 0.29) is 13.0 Å². The number of ether oxygens (including phenoxy) is 1. The number of aliphatic hydroxyl groups is 1. The Kier molecular flexibility index (Phi) is 5.29. The maximum atomic E-state index is 11.8. The van der Waals surface area contributed by atoms with E-state index in [1.165, 1.54) is 0 Å². The van der Waals surface area contributed by atoms with Gasteiger partial charge in [-0.15, -0.1) is 0 Å². The van der Waals surface area contributed by atoms with E-state index < -0.39 is 12.1 Å². The van der Waals surface area contributed by atoms with Gasteiger partial charge in [0.2, 0.25) is 0 Å². The molecule has 0 bridgehead atoms. The van der Waals surface area contributed by atoms with Crippen LogP contribution in [0.3, 0.4) is 0 Å². The molecule has 0 aliphatic rings. The summed E-state index contributed by atoms with van der Waals surface area (Å²) in [5.74, 6) is -0.648. The molecule has 4 heteroatoms. The first-order valence-corrected chi connectivity index (χ1v) is 6.98. The second-order valence-electron chi connectivity index (χ2n) is 5.12. The van der Waals surface area contributed by atoms with E-state index in [9.17, 15) is 9.90 Å². The summed E-state index contributed by atoms with van der Waals surface area (Å²) in [5.41, 5.74) is 3.33. The van der Waals surface area contributed by atoms with Crippen molar-refractivity contribution in [1.82, 2.24) is 0 Å². The molecule has 2 rings (SSSR count). The largest absolute Gasteiger partial charge is 0.459 e. The fraction of sp³-hybridized carbons (Fsp3) is 0.222. The van der Waals surface area contributed by atoms with E-state index >= 15 is 0 Å². The molecule has 0 spiro atoms. The van der Waals surface area contributed by atoms with Gasteiger partial charge in [-0.25, -0.2) is 4.79 Å². The van der Waals surface area contributed by atoms with Crippen molar-refractivity contribution in [3.05, 3.63) is 70.8 Å². The molecular weight excluding hydrogens is 278 g/mol. The Morgan fingerprint density at radius 2 is 1.73 bits per heavy atom. The molecule has 0 amide bonds. The minimum atomic E-state index is -1.21. The quantitative estimate of drug-likeness (QED) is 0.860. The molecule has 22 heavy (non-hydrogen) atoms. The van der Waals surface area contributed by atoms with Crippen molar-refractivity contribution in [3.8, 4) is 6.07 Å². The molecule has 2 aromatic carbocycles. The molecule has 112 valence electrons. The van der Waals surface area contributed by atoms with Gasteiger partial charge in [-0.1, -0.05) is 42.0 Å². The van der Waals surface area contributed by atoms with Crippen LogP contribution >= 0.6 is 0 Å². The summed E-state index contributed by atoms with van der Waals surface area (Å²) in [5, 5.41) is 18.6. The maximum Gasteiger partial charge on any atom is 0.335 e. The number of carbonyl (C=O) groups excluding carboxylic acids is 1. The molecule has 1 N–H and O–H groups in total. The summed E-state index contributed by atoms with van der Waals surface area (Å²) in [7, 11) is 0. The fourth-order valence-corrected chi connectivity index (χ4v) is 1.96. The van der Waals surface area contributed by atoms with Gasteiger partial charge in [-0.05, 0) is 30.2 Å². The second kappa shape index (κ2) is 7.39. The molecule has 4 nitrogen and oxygen atoms in total. The zero-order valence-corrected chi connectivity index (χ0v) is 12.3. The topological polar surface area (TPSA) is 70.3 Å². The molecular formula is C18H17NO3. The lowest BCUT2D eigenvalue weighted by atomic mass is 10.1. The lowest BCUT2D eigenvalue weighted by Crippen LogP contribution is -2.25. The number of nitriles is 1. The van der Waals surface area contributed by atoms with E-state index in [1.54, 1.807) is 24.3 Å². The smallest absolute Gasteiger partial charge is 0.335 e. The van der Waals surface area contributed by atoms with Crippen LogP contribution in [0.4, 0.5) is 0 Å². The standard InChI is InChI=1S/C18H17NO3/c1-13-2-4-16(5-3-13)12-22-18(21)17(20)10-14-6-8-15(11-19)9-7-14/h2-9,17,20H,10,12H2,1H3/t17-/m1/s1. The number of rotatable bonds is 5. The van der Waals surface area contributed by atoms with E-state index in [2.05, 4.69) is 0 Å². The van der Waals surface area contributed by atoms with E-state index in [0.29, 0.717) is 5.56 Å². The molecule has 0 aromatic heterocycles. The van der Waals surface area contributed by atoms with Gasteiger partial charge in [-0.3, -0.25) is 0 Å². The van der Waals surface area contributed by atoms with Gasteiger partial charge in [0.1, 0.15) is 6.61 Å². The zero-order chi connectivity index (χ0) is 15.9. The van der Waals surface area contributed by atoms with Crippen LogP contribution in [0.2, 0.25) is 0 Å². The third-order valence-electron chi connectivity index (χ3n) is 3.29. The molecule has 1 atom stereocenters. The predicted molar refractivity (Wildman–Crippen MR) is 81.8 cm³/mol. The molecule has 0 saturated heterocycles. The number of nitrogens with zero attached hydrogens (tertiary/aromatic N) is 1. The highest BCUT2D eigenvalue weighted by atomic mass is 16.5. The Labute approximate surface area is 129 Å². The van der Waals surface area contributed by atoms with E-state index in [4.69, 9.17) is 10.00 Å². The van der Waals surface area contributed by atoms with Gasteiger partial charge >= 0.3 is 5.97 Å². The number of hydrogen-bond acceptors (Lipinski definition) is 4. The lowest BCUT2D eigenvalue weighted by molar-refractivity contribution is -0.154. The van der Waals surface area contributed by atoms with Crippen LogP contribution in [0.15, 0.2) is 48.5 Å². The van der Waals surface area contributed by atoms with Gasteiger partial charge in [0.25, 0.3) is 0 Å². The average molecular weight is 295 g/mol. The minimum Gasteiger partial charge on any atom is -0.459 e. The Balaban J connectivity index is 1.86. The molecule has 0 aliphatic heterocycles. The highest BCUT2D eigenvalue weighted by molar-refractivity contribution is 5.74. The van der Waals surface area contributed by atoms with Gasteiger partial charge in [0.15, 0.2) is 6.10 Å². The third kappa shape index (κ3) is 4.44. The van der Waals surface area contributed by atoms with Crippen molar-refractivity contribution >= 4 is 5.97 Å². The molecule has 0 heterocycles. The molecule has 0 radical (unpaired) electrons. The number of esters is 1. The summed E-state index contributed by atoms with van der Waals surface area (Å²) >= 11 is 0. The lowest BCUT2D eigenvalue weighted by Gasteiger charge is -2.11. The predicted octanol–water partition coefficient (Wildman–Crippen LogP) is 2.51. The summed E-state index contributed by atoms with van der Waals surface area (Å²) in [6.45, 7) is 2.13. The SMILES string of the molecule is Cc1ccc(COC(=O)[C@H](O)Cc2ccc(C#N)cc2)cc1. The van der Waals surface area contributed by atoms with Crippen LogP contribution in [0.25, 0.3) is 0 Å². The number of benzene rings is 2. The highest BCUT2D eigenvalue weighted by Crippen LogP contribution is 2.09. The monoisotopic (exact) mass is 295 g/mol. The molecule has 0 unspecified atom stereocenters. The van der Waals surface area contributed by atoms with Crippen molar-refractivity contribution < 1.29 is 14.6 Å². The molecule has 0 saturated carbocycles. The summed E-state index contributed by atoms with van der Waals surface area (Å²) in [6.07, 6.45) is -1.04. The van der Waals surface area contributed by atoms with Crippen LogP contribution in [0, 0.1) is 18.3 Å². The van der Waals surface area contributed by atoms with Crippen molar-refractivity contribution in [3.63, 3.8) is 0 Å². The van der Waals surface area contributed by atoms with Crippen LogP contribution in [0.1, 0.15) is 22.3 Å². The van der Waals surface area contributed by atoms with Gasteiger partial charge < -0.3 is 9.84 Å². The van der Waals surface area contributed by atoms with Gasteiger partial charge in [0.05, 0.1) is 11.6 Å². The van der Waals surface area contributed by atoms with Crippen molar-refractivity contribution in [2.45, 2.75) is 26.1 Å². The van der Waals surface area contributed by atoms with Gasteiger partial charge in [0, 0.05) is 6.42 Å². The normalized spacial score (nSPS) is 11.5. The Morgan fingerprint density at radius 3 is 2.32 bits per heavy atom. The summed E-state index contributed by atoms with van der Waals surface area (Å²) in [4.78, 5) is 11.8. The Hall–Kier alpha value is -2.64. The first-order valence-electron chi connectivity index (χ1n) is 6.98. The maximum absolute atomic E-state index is 11.8. The van der Waals surface area contributed by atoms with Crippen molar-refractivity contribution in [1.29, 1.82) is 5.26 Å². The van der Waals surface area contributed by atoms with Crippen LogP contribution in [0.5, 0.6) is 0 Å². The number of hydrogen-bond donors (Lipinski definition) is 1. The molecule has 0 aliphatic carbocycles. The number of aliphatic hydroxyl groups excluding tert-OH is 1. The van der Waals surface area contributed by atoms with Gasteiger partial charge in [-0.2, -0.15) is 5.26 Å². The first-order chi connectivity index (χ1) is 10.6. The fourth-order valence-electron chi connectivity index (χ4n) is 1.96. The molecule has 0 fully saturated rings. The summed E-state index contributed by atoms with van der Waals surface area (Å²) < 4.78 is 5.11. The average Bonchev–Trinajstić information content (AvgIpc) is 2.54. The van der Waals surface area contributed by atoms with Crippen LogP contribution in [-0.4, -0.2) is 17.2 Å². The zero-order valence-electron chi connectivity index (χ0n) is 12.3. The summed E-state index contributed by atoms with van der Waals surface area (Å²) in [6, 6.07) is 16.4. The minimum absolute atomic E-state index is 0.142. The third-order valence-corrected chi connectivity index (χ3v) is 3.29. The number of carbonyl (C=O) groups is 1.